The molecule has 1 unspecified atom stereocenters. The van der Waals surface area contributed by atoms with E-state index in [0.29, 0.717) is 24.3 Å². The number of benzene rings is 1. The minimum atomic E-state index is -4.27. The highest BCUT2D eigenvalue weighted by Crippen LogP contribution is 2.30. The van der Waals surface area contributed by atoms with Gasteiger partial charge in [0.2, 0.25) is 0 Å². The zero-order chi connectivity index (χ0) is 13.1. The fourth-order valence-corrected chi connectivity index (χ4v) is 1.65. The summed E-state index contributed by atoms with van der Waals surface area (Å²) in [6.45, 7) is 4.01. The fraction of sp³-hybridized carbons (Fsp3) is 0.538. The Morgan fingerprint density at radius 2 is 1.88 bits per heavy atom. The number of rotatable bonds is 4. The second-order valence-corrected chi connectivity index (χ2v) is 5.06. The highest BCUT2D eigenvalue weighted by molar-refractivity contribution is 6.20. The molecule has 4 heteroatoms. The molecule has 0 bridgehead atoms. The van der Waals surface area contributed by atoms with Gasteiger partial charge in [0.05, 0.1) is 5.56 Å². The van der Waals surface area contributed by atoms with E-state index >= 15 is 0 Å². The molecule has 0 radical (unpaired) electrons. The SMILES string of the molecule is CC(C)C(Cl)CCc1cccc(C(F)(F)F)c1. The standard InChI is InChI=1S/C13H16ClF3/c1-9(2)12(14)7-6-10-4-3-5-11(8-10)13(15,16)17/h3-5,8-9,12H,6-7H2,1-2H3. The van der Waals surface area contributed by atoms with Crippen molar-refractivity contribution in [3.05, 3.63) is 35.4 Å². The van der Waals surface area contributed by atoms with E-state index in [-0.39, 0.29) is 5.38 Å². The topological polar surface area (TPSA) is 0 Å². The van der Waals surface area contributed by atoms with Gasteiger partial charge >= 0.3 is 6.18 Å². The first-order valence-electron chi connectivity index (χ1n) is 5.61. The van der Waals surface area contributed by atoms with Crippen LogP contribution in [0.2, 0.25) is 0 Å². The smallest absolute Gasteiger partial charge is 0.166 e. The third-order valence-electron chi connectivity index (χ3n) is 2.69. The van der Waals surface area contributed by atoms with Crippen molar-refractivity contribution < 1.29 is 13.2 Å². The van der Waals surface area contributed by atoms with Crippen molar-refractivity contribution in [3.63, 3.8) is 0 Å². The van der Waals surface area contributed by atoms with Gasteiger partial charge in [0.15, 0.2) is 0 Å². The van der Waals surface area contributed by atoms with Crippen LogP contribution >= 0.6 is 11.6 Å². The van der Waals surface area contributed by atoms with E-state index in [1.165, 1.54) is 12.1 Å². The molecule has 1 atom stereocenters. The van der Waals surface area contributed by atoms with Gasteiger partial charge in [-0.2, -0.15) is 13.2 Å². The molecule has 1 aromatic rings. The molecule has 0 aliphatic rings. The van der Waals surface area contributed by atoms with E-state index < -0.39 is 11.7 Å². The van der Waals surface area contributed by atoms with Gasteiger partial charge in [0.1, 0.15) is 0 Å². The molecule has 0 N–H and O–H groups in total. The van der Waals surface area contributed by atoms with Crippen molar-refractivity contribution in [3.8, 4) is 0 Å². The summed E-state index contributed by atoms with van der Waals surface area (Å²) >= 11 is 6.07. The minimum absolute atomic E-state index is 0.00421. The summed E-state index contributed by atoms with van der Waals surface area (Å²) in [7, 11) is 0. The quantitative estimate of drug-likeness (QED) is 0.679. The van der Waals surface area contributed by atoms with Crippen LogP contribution in [0.15, 0.2) is 24.3 Å². The summed E-state index contributed by atoms with van der Waals surface area (Å²) in [5.74, 6) is 0.336. The van der Waals surface area contributed by atoms with Crippen LogP contribution in [0.3, 0.4) is 0 Å². The van der Waals surface area contributed by atoms with Crippen LogP contribution in [-0.2, 0) is 12.6 Å². The van der Waals surface area contributed by atoms with Gasteiger partial charge < -0.3 is 0 Å². The molecule has 0 spiro atoms. The Balaban J connectivity index is 2.67. The minimum Gasteiger partial charge on any atom is -0.166 e. The third-order valence-corrected chi connectivity index (χ3v) is 3.41. The third kappa shape index (κ3) is 4.58. The van der Waals surface area contributed by atoms with E-state index in [2.05, 4.69) is 0 Å². The monoisotopic (exact) mass is 264 g/mol. The van der Waals surface area contributed by atoms with Crippen molar-refractivity contribution >= 4 is 11.6 Å². The Bertz CT molecular complexity index is 358. The summed E-state index contributed by atoms with van der Waals surface area (Å²) in [4.78, 5) is 0. The molecular weight excluding hydrogens is 249 g/mol. The Hall–Kier alpha value is -0.700. The van der Waals surface area contributed by atoms with Crippen molar-refractivity contribution in [1.29, 1.82) is 0 Å². The van der Waals surface area contributed by atoms with Crippen molar-refractivity contribution in [2.45, 2.75) is 38.2 Å². The lowest BCUT2D eigenvalue weighted by atomic mass is 10.0. The molecule has 0 aliphatic carbocycles. The Morgan fingerprint density at radius 1 is 1.24 bits per heavy atom. The predicted octanol–water partition coefficient (Wildman–Crippen LogP) is 4.90. The Labute approximate surface area is 105 Å². The highest BCUT2D eigenvalue weighted by Gasteiger charge is 2.30. The molecule has 0 fully saturated rings. The molecule has 1 rings (SSSR count). The highest BCUT2D eigenvalue weighted by atomic mass is 35.5. The molecule has 17 heavy (non-hydrogen) atoms. The van der Waals surface area contributed by atoms with Gasteiger partial charge in [0.25, 0.3) is 0 Å². The largest absolute Gasteiger partial charge is 0.416 e. The normalized spacial score (nSPS) is 14.1. The van der Waals surface area contributed by atoms with Gasteiger partial charge in [0, 0.05) is 5.38 Å². The van der Waals surface area contributed by atoms with E-state index in [1.807, 2.05) is 13.8 Å². The first-order chi connectivity index (χ1) is 7.80. The van der Waals surface area contributed by atoms with E-state index in [0.717, 1.165) is 6.07 Å². The first kappa shape index (κ1) is 14.4. The maximum Gasteiger partial charge on any atom is 0.416 e. The molecule has 96 valence electrons. The molecule has 0 saturated heterocycles. The maximum atomic E-state index is 12.5. The molecule has 1 aromatic carbocycles. The predicted molar refractivity (Wildman–Crippen MR) is 64.2 cm³/mol. The molecular formula is C13H16ClF3. The van der Waals surface area contributed by atoms with Crippen LogP contribution < -0.4 is 0 Å². The van der Waals surface area contributed by atoms with E-state index in [1.54, 1.807) is 6.07 Å². The lowest BCUT2D eigenvalue weighted by molar-refractivity contribution is -0.137. The molecule has 0 heterocycles. The number of alkyl halides is 4. The lowest BCUT2D eigenvalue weighted by Crippen LogP contribution is -2.09. The Kier molecular flexibility index (Phi) is 4.87. The number of halogens is 4. The summed E-state index contributed by atoms with van der Waals surface area (Å²) in [6.07, 6.45) is -2.99. The summed E-state index contributed by atoms with van der Waals surface area (Å²) < 4.78 is 37.4. The van der Waals surface area contributed by atoms with Gasteiger partial charge in [-0.1, -0.05) is 32.0 Å². The number of hydrogen-bond acceptors (Lipinski definition) is 0. The molecule has 0 aliphatic heterocycles. The average Bonchev–Trinajstić information content (AvgIpc) is 2.25. The molecule has 0 amide bonds. The molecule has 0 aromatic heterocycles. The first-order valence-corrected chi connectivity index (χ1v) is 6.04. The second kappa shape index (κ2) is 5.76. The van der Waals surface area contributed by atoms with Crippen LogP contribution in [0.25, 0.3) is 0 Å². The van der Waals surface area contributed by atoms with Crippen molar-refractivity contribution in [1.82, 2.24) is 0 Å². The zero-order valence-electron chi connectivity index (χ0n) is 9.89. The van der Waals surface area contributed by atoms with Gasteiger partial charge in [-0.05, 0) is 30.4 Å². The van der Waals surface area contributed by atoms with Gasteiger partial charge in [-0.3, -0.25) is 0 Å². The Morgan fingerprint density at radius 3 is 2.41 bits per heavy atom. The van der Waals surface area contributed by atoms with Gasteiger partial charge in [-0.25, -0.2) is 0 Å². The maximum absolute atomic E-state index is 12.5. The summed E-state index contributed by atoms with van der Waals surface area (Å²) in [5.41, 5.74) is 0.0943. The van der Waals surface area contributed by atoms with Crippen LogP contribution in [0, 0.1) is 5.92 Å². The molecule has 0 saturated carbocycles. The number of aryl methyl sites for hydroxylation is 1. The van der Waals surface area contributed by atoms with Crippen LogP contribution in [0.5, 0.6) is 0 Å². The van der Waals surface area contributed by atoms with Crippen molar-refractivity contribution in [2.75, 3.05) is 0 Å². The average molecular weight is 265 g/mol. The fourth-order valence-electron chi connectivity index (χ4n) is 1.54. The van der Waals surface area contributed by atoms with Crippen LogP contribution in [0.1, 0.15) is 31.4 Å². The van der Waals surface area contributed by atoms with Crippen molar-refractivity contribution in [2.24, 2.45) is 5.92 Å². The summed E-state index contributed by atoms with van der Waals surface area (Å²) in [5, 5.41) is 0.00421. The second-order valence-electron chi connectivity index (χ2n) is 4.50. The zero-order valence-corrected chi connectivity index (χ0v) is 10.6. The summed E-state index contributed by atoms with van der Waals surface area (Å²) in [6, 6.07) is 5.43. The van der Waals surface area contributed by atoms with Gasteiger partial charge in [-0.15, -0.1) is 11.6 Å². The number of hydrogen-bond donors (Lipinski definition) is 0. The lowest BCUT2D eigenvalue weighted by Gasteiger charge is -2.13. The van der Waals surface area contributed by atoms with E-state index in [4.69, 9.17) is 11.6 Å². The molecule has 0 nitrogen and oxygen atoms in total. The van der Waals surface area contributed by atoms with Crippen LogP contribution in [0.4, 0.5) is 13.2 Å². The van der Waals surface area contributed by atoms with Crippen LogP contribution in [-0.4, -0.2) is 5.38 Å². The van der Waals surface area contributed by atoms with E-state index in [9.17, 15) is 13.2 Å².